The molecule has 1 aromatic carbocycles. The first kappa shape index (κ1) is 11.3. The average Bonchev–Trinajstić information content (AvgIpc) is 2.75. The first-order valence-electron chi connectivity index (χ1n) is 4.68. The second-order valence-corrected chi connectivity index (χ2v) is 3.52. The van der Waals surface area contributed by atoms with Gasteiger partial charge in [0, 0.05) is 12.1 Å². The third-order valence-corrected chi connectivity index (χ3v) is 2.59. The number of rotatable bonds is 4. The van der Waals surface area contributed by atoms with Crippen LogP contribution >= 0.6 is 11.6 Å². The molecule has 1 aliphatic rings. The number of hydroxylamine groups is 1. The molecule has 0 saturated heterocycles. The van der Waals surface area contributed by atoms with E-state index in [1.807, 2.05) is 6.07 Å². The number of fused-ring (bicyclic) bond motifs is 1. The Kier molecular flexibility index (Phi) is 3.38. The van der Waals surface area contributed by atoms with E-state index < -0.39 is 0 Å². The summed E-state index contributed by atoms with van der Waals surface area (Å²) in [5.74, 6) is 1.72. The number of halogens is 1. The zero-order valence-corrected chi connectivity index (χ0v) is 9.76. The molecule has 6 heteroatoms. The lowest BCUT2D eigenvalue weighted by Gasteiger charge is -2.12. The van der Waals surface area contributed by atoms with Crippen LogP contribution in [0.15, 0.2) is 6.07 Å². The predicted molar refractivity (Wildman–Crippen MR) is 58.0 cm³/mol. The van der Waals surface area contributed by atoms with Crippen LogP contribution in [0.2, 0.25) is 5.02 Å². The summed E-state index contributed by atoms with van der Waals surface area (Å²) in [5.41, 5.74) is 3.57. The van der Waals surface area contributed by atoms with Gasteiger partial charge in [-0.3, -0.25) is 0 Å². The van der Waals surface area contributed by atoms with Crippen molar-refractivity contribution in [1.82, 2.24) is 5.48 Å². The molecule has 1 heterocycles. The maximum Gasteiger partial charge on any atom is 0.231 e. The van der Waals surface area contributed by atoms with Crippen LogP contribution in [0.5, 0.6) is 17.2 Å². The Bertz CT molecular complexity index is 397. The predicted octanol–water partition coefficient (Wildman–Crippen LogP) is 1.73. The van der Waals surface area contributed by atoms with Crippen molar-refractivity contribution in [1.29, 1.82) is 0 Å². The molecule has 16 heavy (non-hydrogen) atoms. The highest BCUT2D eigenvalue weighted by Gasteiger charge is 2.23. The minimum Gasteiger partial charge on any atom is -0.495 e. The highest BCUT2D eigenvalue weighted by molar-refractivity contribution is 6.34. The minimum atomic E-state index is 0.180. The van der Waals surface area contributed by atoms with Crippen molar-refractivity contribution in [3.8, 4) is 17.2 Å². The van der Waals surface area contributed by atoms with Gasteiger partial charge in [0.1, 0.15) is 10.8 Å². The first-order chi connectivity index (χ1) is 7.77. The lowest BCUT2D eigenvalue weighted by Crippen LogP contribution is -2.11. The van der Waals surface area contributed by atoms with Crippen LogP contribution in [0.25, 0.3) is 0 Å². The van der Waals surface area contributed by atoms with Crippen molar-refractivity contribution in [3.63, 3.8) is 0 Å². The van der Waals surface area contributed by atoms with Crippen molar-refractivity contribution >= 4 is 11.6 Å². The Hall–Kier alpha value is -1.17. The normalized spacial score (nSPS) is 12.9. The third-order valence-electron chi connectivity index (χ3n) is 2.25. The molecule has 0 atom stereocenters. The van der Waals surface area contributed by atoms with Crippen molar-refractivity contribution in [2.24, 2.45) is 0 Å². The molecular formula is C10H12ClNO4. The Morgan fingerprint density at radius 2 is 2.25 bits per heavy atom. The Labute approximate surface area is 98.1 Å². The number of hydrogen-bond acceptors (Lipinski definition) is 5. The summed E-state index contributed by atoms with van der Waals surface area (Å²) in [6, 6.07) is 1.82. The van der Waals surface area contributed by atoms with Crippen LogP contribution in [0.3, 0.4) is 0 Å². The van der Waals surface area contributed by atoms with Gasteiger partial charge in [0.25, 0.3) is 0 Å². The minimum absolute atomic E-state index is 0.180. The topological polar surface area (TPSA) is 49.0 Å². The van der Waals surface area contributed by atoms with Gasteiger partial charge < -0.3 is 19.0 Å². The second-order valence-electron chi connectivity index (χ2n) is 3.14. The maximum absolute atomic E-state index is 6.14. The van der Waals surface area contributed by atoms with E-state index in [0.29, 0.717) is 28.8 Å². The Balaban J connectivity index is 2.39. The van der Waals surface area contributed by atoms with Gasteiger partial charge in [0.2, 0.25) is 6.79 Å². The number of nitrogens with one attached hydrogen (secondary N) is 1. The van der Waals surface area contributed by atoms with E-state index in [9.17, 15) is 0 Å². The summed E-state index contributed by atoms with van der Waals surface area (Å²) in [7, 11) is 3.10. The van der Waals surface area contributed by atoms with Crippen LogP contribution in [0, 0.1) is 0 Å². The number of hydrogen-bond donors (Lipinski definition) is 1. The van der Waals surface area contributed by atoms with Gasteiger partial charge in [0.15, 0.2) is 11.5 Å². The van der Waals surface area contributed by atoms with E-state index in [0.717, 1.165) is 5.56 Å². The molecule has 0 radical (unpaired) electrons. The molecule has 1 N–H and O–H groups in total. The van der Waals surface area contributed by atoms with Gasteiger partial charge in [-0.05, 0) is 6.07 Å². The van der Waals surface area contributed by atoms with Crippen molar-refractivity contribution in [2.75, 3.05) is 21.0 Å². The zero-order valence-electron chi connectivity index (χ0n) is 9.00. The Morgan fingerprint density at radius 1 is 1.44 bits per heavy atom. The summed E-state index contributed by atoms with van der Waals surface area (Å²) >= 11 is 6.14. The Morgan fingerprint density at radius 3 is 2.94 bits per heavy atom. The van der Waals surface area contributed by atoms with E-state index in [1.165, 1.54) is 0 Å². The lowest BCUT2D eigenvalue weighted by atomic mass is 10.1. The number of benzene rings is 1. The number of methoxy groups -OCH3 is 1. The van der Waals surface area contributed by atoms with Gasteiger partial charge in [-0.2, -0.15) is 5.48 Å². The SMILES string of the molecule is CONCc1cc2c(c(Cl)c1OC)OCO2. The maximum atomic E-state index is 6.14. The van der Waals surface area contributed by atoms with Crippen LogP contribution in [0.1, 0.15) is 5.56 Å². The second kappa shape index (κ2) is 4.78. The average molecular weight is 246 g/mol. The molecule has 0 amide bonds. The van der Waals surface area contributed by atoms with E-state index >= 15 is 0 Å². The van der Waals surface area contributed by atoms with Gasteiger partial charge in [0.05, 0.1) is 14.2 Å². The molecule has 1 aromatic rings. The standard InChI is InChI=1S/C10H12ClNO4/c1-13-9-6(4-12-14-2)3-7-10(8(9)11)16-5-15-7/h3,12H,4-5H2,1-2H3. The largest absolute Gasteiger partial charge is 0.495 e. The lowest BCUT2D eigenvalue weighted by molar-refractivity contribution is 0.0861. The highest BCUT2D eigenvalue weighted by Crippen LogP contribution is 2.46. The molecule has 1 aliphatic heterocycles. The summed E-state index contributed by atoms with van der Waals surface area (Å²) in [5, 5.41) is 0.422. The monoisotopic (exact) mass is 245 g/mol. The number of ether oxygens (including phenoxy) is 3. The van der Waals surface area contributed by atoms with Crippen molar-refractivity contribution in [2.45, 2.75) is 6.54 Å². The van der Waals surface area contributed by atoms with E-state index in [2.05, 4.69) is 5.48 Å². The quantitative estimate of drug-likeness (QED) is 0.819. The summed E-state index contributed by atoms with van der Waals surface area (Å²) in [6.07, 6.45) is 0. The fourth-order valence-corrected chi connectivity index (χ4v) is 1.88. The zero-order chi connectivity index (χ0) is 11.5. The molecule has 2 rings (SSSR count). The summed E-state index contributed by atoms with van der Waals surface area (Å²) < 4.78 is 15.7. The molecule has 0 aromatic heterocycles. The molecule has 0 spiro atoms. The molecule has 0 saturated carbocycles. The van der Waals surface area contributed by atoms with Crippen LogP contribution in [0.4, 0.5) is 0 Å². The van der Waals surface area contributed by atoms with Crippen LogP contribution in [-0.2, 0) is 11.4 Å². The van der Waals surface area contributed by atoms with Crippen molar-refractivity contribution < 1.29 is 19.0 Å². The smallest absolute Gasteiger partial charge is 0.231 e. The van der Waals surface area contributed by atoms with Crippen LogP contribution < -0.4 is 19.7 Å². The molecule has 88 valence electrons. The fraction of sp³-hybridized carbons (Fsp3) is 0.400. The van der Waals surface area contributed by atoms with Crippen molar-refractivity contribution in [3.05, 3.63) is 16.7 Å². The third kappa shape index (κ3) is 1.89. The van der Waals surface area contributed by atoms with Gasteiger partial charge >= 0.3 is 0 Å². The van der Waals surface area contributed by atoms with Crippen LogP contribution in [-0.4, -0.2) is 21.0 Å². The molecule has 0 unspecified atom stereocenters. The molecule has 0 aliphatic carbocycles. The van der Waals surface area contributed by atoms with Gasteiger partial charge in [-0.25, -0.2) is 0 Å². The summed E-state index contributed by atoms with van der Waals surface area (Å²) in [4.78, 5) is 4.78. The van der Waals surface area contributed by atoms with Gasteiger partial charge in [-0.15, -0.1) is 0 Å². The fourth-order valence-electron chi connectivity index (χ4n) is 1.54. The molecule has 5 nitrogen and oxygen atoms in total. The van der Waals surface area contributed by atoms with E-state index in [1.54, 1.807) is 14.2 Å². The highest BCUT2D eigenvalue weighted by atomic mass is 35.5. The summed E-state index contributed by atoms with van der Waals surface area (Å²) in [6.45, 7) is 0.648. The van der Waals surface area contributed by atoms with E-state index in [-0.39, 0.29) is 6.79 Å². The van der Waals surface area contributed by atoms with E-state index in [4.69, 9.17) is 30.6 Å². The first-order valence-corrected chi connectivity index (χ1v) is 5.06. The molecule has 0 bridgehead atoms. The molecule has 0 fully saturated rings. The molecular weight excluding hydrogens is 234 g/mol. The van der Waals surface area contributed by atoms with Gasteiger partial charge in [-0.1, -0.05) is 11.6 Å².